The monoisotopic (exact) mass is 266 g/mol. The van der Waals surface area contributed by atoms with E-state index in [1.54, 1.807) is 0 Å². The van der Waals surface area contributed by atoms with E-state index in [0.29, 0.717) is 6.04 Å². The van der Waals surface area contributed by atoms with Gasteiger partial charge in [-0.2, -0.15) is 0 Å². The molecule has 2 atom stereocenters. The van der Waals surface area contributed by atoms with Gasteiger partial charge in [0.15, 0.2) is 0 Å². The quantitative estimate of drug-likeness (QED) is 0.835. The number of rotatable bonds is 2. The lowest BCUT2D eigenvalue weighted by atomic mass is 9.82. The first kappa shape index (κ1) is 14.8. The van der Waals surface area contributed by atoms with E-state index in [-0.39, 0.29) is 17.4 Å². The van der Waals surface area contributed by atoms with Crippen molar-refractivity contribution in [3.05, 3.63) is 0 Å². The molecule has 0 aromatic rings. The molecule has 0 bridgehead atoms. The van der Waals surface area contributed by atoms with Gasteiger partial charge in [-0.3, -0.25) is 4.79 Å². The predicted octanol–water partition coefficient (Wildman–Crippen LogP) is 2.93. The van der Waals surface area contributed by atoms with E-state index >= 15 is 0 Å². The number of amides is 1. The van der Waals surface area contributed by atoms with Gasteiger partial charge in [0.05, 0.1) is 6.04 Å². The van der Waals surface area contributed by atoms with E-state index in [9.17, 15) is 4.79 Å². The zero-order valence-corrected chi connectivity index (χ0v) is 12.8. The summed E-state index contributed by atoms with van der Waals surface area (Å²) in [6.07, 6.45) is 9.01. The second-order valence-electron chi connectivity index (χ2n) is 7.48. The number of nitrogens with two attached hydrogens (primary N) is 1. The van der Waals surface area contributed by atoms with Gasteiger partial charge >= 0.3 is 0 Å². The van der Waals surface area contributed by atoms with Crippen LogP contribution in [0.3, 0.4) is 0 Å². The van der Waals surface area contributed by atoms with Crippen molar-refractivity contribution in [3.63, 3.8) is 0 Å². The smallest absolute Gasteiger partial charge is 0.240 e. The molecular weight excluding hydrogens is 236 g/mol. The average molecular weight is 266 g/mol. The highest BCUT2D eigenvalue weighted by Crippen LogP contribution is 2.35. The highest BCUT2D eigenvalue weighted by atomic mass is 16.2. The van der Waals surface area contributed by atoms with Gasteiger partial charge in [0, 0.05) is 12.6 Å². The SMILES string of the molecule is CC(C)(C)[C@@H](N)C(=O)N1CCCC1C1CCCCC1. The standard InChI is InChI=1S/C16H30N2O/c1-16(2,3)14(17)15(19)18-11-7-10-13(18)12-8-5-4-6-9-12/h12-14H,4-11,17H2,1-3H3/t13?,14-/m0/s1. The lowest BCUT2D eigenvalue weighted by Gasteiger charge is -2.37. The molecule has 0 radical (unpaired) electrons. The van der Waals surface area contributed by atoms with Crippen LogP contribution in [0.4, 0.5) is 0 Å². The van der Waals surface area contributed by atoms with Crippen LogP contribution < -0.4 is 5.73 Å². The normalized spacial score (nSPS) is 27.6. The molecule has 19 heavy (non-hydrogen) atoms. The number of likely N-dealkylation sites (tertiary alicyclic amines) is 1. The second kappa shape index (κ2) is 5.82. The third-order valence-corrected chi connectivity index (χ3v) is 4.98. The molecule has 110 valence electrons. The first-order chi connectivity index (χ1) is 8.91. The largest absolute Gasteiger partial charge is 0.338 e. The van der Waals surface area contributed by atoms with Crippen molar-refractivity contribution in [1.29, 1.82) is 0 Å². The Bertz CT molecular complexity index is 315. The molecular formula is C16H30N2O. The van der Waals surface area contributed by atoms with Crippen LogP contribution in [0.1, 0.15) is 65.7 Å². The molecule has 1 aliphatic heterocycles. The third kappa shape index (κ3) is 3.31. The summed E-state index contributed by atoms with van der Waals surface area (Å²) in [5.74, 6) is 0.910. The molecule has 0 aromatic heterocycles. The van der Waals surface area contributed by atoms with E-state index in [4.69, 9.17) is 5.73 Å². The minimum Gasteiger partial charge on any atom is -0.338 e. The number of nitrogens with zero attached hydrogens (tertiary/aromatic N) is 1. The van der Waals surface area contributed by atoms with Crippen LogP contribution >= 0.6 is 0 Å². The van der Waals surface area contributed by atoms with Gasteiger partial charge < -0.3 is 10.6 Å². The fourth-order valence-electron chi connectivity index (χ4n) is 3.62. The van der Waals surface area contributed by atoms with E-state index in [1.165, 1.54) is 38.5 Å². The molecule has 0 spiro atoms. The molecule has 2 aliphatic rings. The zero-order chi connectivity index (χ0) is 14.0. The maximum atomic E-state index is 12.6. The van der Waals surface area contributed by atoms with Crippen LogP contribution in [0.15, 0.2) is 0 Å². The van der Waals surface area contributed by atoms with Crippen LogP contribution in [0.2, 0.25) is 0 Å². The molecule has 2 rings (SSSR count). The van der Waals surface area contributed by atoms with E-state index in [0.717, 1.165) is 18.9 Å². The summed E-state index contributed by atoms with van der Waals surface area (Å²) < 4.78 is 0. The highest BCUT2D eigenvalue weighted by molar-refractivity contribution is 5.83. The van der Waals surface area contributed by atoms with Crippen LogP contribution in [0, 0.1) is 11.3 Å². The Balaban J connectivity index is 2.03. The van der Waals surface area contributed by atoms with Gasteiger partial charge in [-0.1, -0.05) is 40.0 Å². The first-order valence-electron chi connectivity index (χ1n) is 7.97. The van der Waals surface area contributed by atoms with E-state index < -0.39 is 0 Å². The van der Waals surface area contributed by atoms with Gasteiger partial charge in [0.1, 0.15) is 0 Å². The maximum absolute atomic E-state index is 12.6. The molecule has 1 heterocycles. The molecule has 3 nitrogen and oxygen atoms in total. The molecule has 2 N–H and O–H groups in total. The zero-order valence-electron chi connectivity index (χ0n) is 12.8. The van der Waals surface area contributed by atoms with Crippen molar-refractivity contribution in [3.8, 4) is 0 Å². The van der Waals surface area contributed by atoms with Crippen LogP contribution in [0.5, 0.6) is 0 Å². The van der Waals surface area contributed by atoms with Crippen molar-refractivity contribution in [1.82, 2.24) is 4.90 Å². The molecule has 3 heteroatoms. The molecule has 1 saturated carbocycles. The fraction of sp³-hybridized carbons (Fsp3) is 0.938. The lowest BCUT2D eigenvalue weighted by molar-refractivity contribution is -0.137. The van der Waals surface area contributed by atoms with Crippen molar-refractivity contribution >= 4 is 5.91 Å². The Morgan fingerprint density at radius 3 is 2.32 bits per heavy atom. The molecule has 2 fully saturated rings. The Kier molecular flexibility index (Phi) is 4.54. The third-order valence-electron chi connectivity index (χ3n) is 4.98. The minimum atomic E-state index is -0.364. The van der Waals surface area contributed by atoms with E-state index in [2.05, 4.69) is 25.7 Å². The maximum Gasteiger partial charge on any atom is 0.240 e. The van der Waals surface area contributed by atoms with Crippen LogP contribution in [-0.4, -0.2) is 29.4 Å². The Morgan fingerprint density at radius 1 is 1.11 bits per heavy atom. The second-order valence-corrected chi connectivity index (χ2v) is 7.48. The summed E-state index contributed by atoms with van der Waals surface area (Å²) in [5, 5.41) is 0. The first-order valence-corrected chi connectivity index (χ1v) is 7.97. The molecule has 1 amide bonds. The number of carbonyl (C=O) groups excluding carboxylic acids is 1. The van der Waals surface area contributed by atoms with Crippen molar-refractivity contribution in [2.45, 2.75) is 77.8 Å². The fourth-order valence-corrected chi connectivity index (χ4v) is 3.62. The number of hydrogen-bond acceptors (Lipinski definition) is 2. The van der Waals surface area contributed by atoms with Gasteiger partial charge in [-0.15, -0.1) is 0 Å². The van der Waals surface area contributed by atoms with Crippen molar-refractivity contribution in [2.24, 2.45) is 17.1 Å². The highest BCUT2D eigenvalue weighted by Gasteiger charge is 2.39. The van der Waals surface area contributed by atoms with Gasteiger partial charge in [-0.05, 0) is 37.0 Å². The minimum absolute atomic E-state index is 0.142. The van der Waals surface area contributed by atoms with E-state index in [1.807, 2.05) is 0 Å². The number of carbonyl (C=O) groups is 1. The summed E-state index contributed by atoms with van der Waals surface area (Å²) in [4.78, 5) is 14.8. The summed E-state index contributed by atoms with van der Waals surface area (Å²) >= 11 is 0. The van der Waals surface area contributed by atoms with Crippen molar-refractivity contribution in [2.75, 3.05) is 6.54 Å². The summed E-state index contributed by atoms with van der Waals surface area (Å²) in [7, 11) is 0. The summed E-state index contributed by atoms with van der Waals surface area (Å²) in [6, 6.07) is 0.109. The topological polar surface area (TPSA) is 46.3 Å². The molecule has 0 aromatic carbocycles. The lowest BCUT2D eigenvalue weighted by Crippen LogP contribution is -2.53. The summed E-state index contributed by atoms with van der Waals surface area (Å²) in [6.45, 7) is 7.09. The Labute approximate surface area is 117 Å². The van der Waals surface area contributed by atoms with Gasteiger partial charge in [0.2, 0.25) is 5.91 Å². The molecule has 1 aliphatic carbocycles. The van der Waals surface area contributed by atoms with Crippen molar-refractivity contribution < 1.29 is 4.79 Å². The Hall–Kier alpha value is -0.570. The summed E-state index contributed by atoms with van der Waals surface area (Å²) in [5.41, 5.74) is 6.03. The van der Waals surface area contributed by atoms with Crippen LogP contribution in [0.25, 0.3) is 0 Å². The molecule has 1 saturated heterocycles. The van der Waals surface area contributed by atoms with Gasteiger partial charge in [-0.25, -0.2) is 0 Å². The average Bonchev–Trinajstić information content (AvgIpc) is 2.86. The van der Waals surface area contributed by atoms with Crippen LogP contribution in [-0.2, 0) is 4.79 Å². The molecule has 1 unspecified atom stereocenters. The number of hydrogen-bond donors (Lipinski definition) is 1. The predicted molar refractivity (Wildman–Crippen MR) is 78.7 cm³/mol. The Morgan fingerprint density at radius 2 is 1.74 bits per heavy atom. The van der Waals surface area contributed by atoms with Gasteiger partial charge in [0.25, 0.3) is 0 Å².